The summed E-state index contributed by atoms with van der Waals surface area (Å²) in [5, 5.41) is 8.29. The Morgan fingerprint density at radius 2 is 1.92 bits per heavy atom. The SMILES string of the molecule is Cl.Cl.NC1CC(Nc2c3c(nc4c(Br)cnn24)C2(CCCC2)CC3)C1. The first kappa shape index (κ1) is 19.2. The summed E-state index contributed by atoms with van der Waals surface area (Å²) in [6.45, 7) is 0. The van der Waals surface area contributed by atoms with E-state index in [0.717, 1.165) is 35.2 Å². The van der Waals surface area contributed by atoms with Crippen LogP contribution in [0.3, 0.4) is 0 Å². The highest BCUT2D eigenvalue weighted by molar-refractivity contribution is 9.10. The van der Waals surface area contributed by atoms with Gasteiger partial charge in [-0.3, -0.25) is 0 Å². The van der Waals surface area contributed by atoms with Crippen molar-refractivity contribution in [3.63, 3.8) is 0 Å². The standard InChI is InChI=1S/C17H22BrN5.2ClH/c18-13-9-20-23-15(21-11-7-10(19)8-11)12-3-6-17(4-1-2-5-17)14(12)22-16(13)23;;/h9-11,21H,1-8,19H2;2*1H. The third kappa shape index (κ3) is 2.85. The molecule has 138 valence electrons. The van der Waals surface area contributed by atoms with Gasteiger partial charge in [-0.2, -0.15) is 9.61 Å². The van der Waals surface area contributed by atoms with Crippen molar-refractivity contribution in [3.05, 3.63) is 21.9 Å². The van der Waals surface area contributed by atoms with E-state index in [1.54, 1.807) is 0 Å². The second-order valence-corrected chi connectivity index (χ2v) is 8.43. The van der Waals surface area contributed by atoms with E-state index in [1.165, 1.54) is 43.4 Å². The first-order valence-electron chi connectivity index (χ1n) is 8.75. The molecule has 0 amide bonds. The summed E-state index contributed by atoms with van der Waals surface area (Å²) in [5.41, 5.74) is 9.98. The van der Waals surface area contributed by atoms with E-state index in [9.17, 15) is 0 Å². The smallest absolute Gasteiger partial charge is 0.171 e. The largest absolute Gasteiger partial charge is 0.367 e. The molecular weight excluding hydrogens is 425 g/mol. The number of anilines is 1. The molecular formula is C17H24BrCl2N5. The third-order valence-corrected chi connectivity index (χ3v) is 6.69. The molecule has 2 heterocycles. The third-order valence-electron chi connectivity index (χ3n) is 6.13. The lowest BCUT2D eigenvalue weighted by molar-refractivity contribution is 0.372. The second-order valence-electron chi connectivity index (χ2n) is 7.58. The number of halogens is 3. The Bertz CT molecular complexity index is 781. The van der Waals surface area contributed by atoms with Crippen molar-refractivity contribution in [1.82, 2.24) is 14.6 Å². The monoisotopic (exact) mass is 447 g/mol. The fraction of sp³-hybridized carbons (Fsp3) is 0.647. The molecule has 0 atom stereocenters. The molecule has 0 unspecified atom stereocenters. The van der Waals surface area contributed by atoms with Gasteiger partial charge in [0.25, 0.3) is 0 Å². The van der Waals surface area contributed by atoms with Crippen molar-refractivity contribution in [2.75, 3.05) is 5.32 Å². The van der Waals surface area contributed by atoms with Gasteiger partial charge in [0.05, 0.1) is 16.4 Å². The molecule has 2 fully saturated rings. The van der Waals surface area contributed by atoms with E-state index in [2.05, 4.69) is 26.3 Å². The van der Waals surface area contributed by atoms with Gasteiger partial charge < -0.3 is 11.1 Å². The van der Waals surface area contributed by atoms with Crippen molar-refractivity contribution < 1.29 is 0 Å². The highest BCUT2D eigenvalue weighted by Crippen LogP contribution is 2.51. The van der Waals surface area contributed by atoms with Crippen molar-refractivity contribution in [2.24, 2.45) is 5.73 Å². The highest BCUT2D eigenvalue weighted by atomic mass is 79.9. The molecule has 0 radical (unpaired) electrons. The van der Waals surface area contributed by atoms with Crippen LogP contribution in [-0.4, -0.2) is 26.7 Å². The number of nitrogens with two attached hydrogens (primary N) is 1. The minimum atomic E-state index is 0. The number of nitrogens with one attached hydrogen (secondary N) is 1. The van der Waals surface area contributed by atoms with Crippen LogP contribution < -0.4 is 11.1 Å². The average molecular weight is 449 g/mol. The van der Waals surface area contributed by atoms with Crippen LogP contribution in [0.25, 0.3) is 5.65 Å². The summed E-state index contributed by atoms with van der Waals surface area (Å²) >= 11 is 3.62. The van der Waals surface area contributed by atoms with Crippen LogP contribution in [0, 0.1) is 0 Å². The minimum absolute atomic E-state index is 0. The number of rotatable bonds is 2. The molecule has 2 aromatic heterocycles. The number of hydrogen-bond donors (Lipinski definition) is 2. The first-order chi connectivity index (χ1) is 11.2. The van der Waals surface area contributed by atoms with Crippen LogP contribution in [0.2, 0.25) is 0 Å². The molecule has 0 bridgehead atoms. The Morgan fingerprint density at radius 1 is 1.20 bits per heavy atom. The lowest BCUT2D eigenvalue weighted by Crippen LogP contribution is -2.45. The van der Waals surface area contributed by atoms with E-state index in [1.807, 2.05) is 10.7 Å². The zero-order chi connectivity index (χ0) is 15.6. The van der Waals surface area contributed by atoms with Crippen LogP contribution in [0.5, 0.6) is 0 Å². The van der Waals surface area contributed by atoms with Crippen LogP contribution in [0.4, 0.5) is 5.82 Å². The Hall–Kier alpha value is -0.560. The number of fused-ring (bicyclic) bond motifs is 3. The van der Waals surface area contributed by atoms with Gasteiger partial charge in [-0.05, 0) is 54.5 Å². The second kappa shape index (κ2) is 6.87. The summed E-state index contributed by atoms with van der Waals surface area (Å²) in [6, 6.07) is 0.825. The zero-order valence-electron chi connectivity index (χ0n) is 14.0. The van der Waals surface area contributed by atoms with Gasteiger partial charge in [0, 0.05) is 23.1 Å². The molecule has 1 spiro atoms. The van der Waals surface area contributed by atoms with Gasteiger partial charge >= 0.3 is 0 Å². The molecule has 0 saturated heterocycles. The number of aromatic nitrogens is 3. The van der Waals surface area contributed by atoms with Gasteiger partial charge in [0.1, 0.15) is 5.82 Å². The number of hydrogen-bond acceptors (Lipinski definition) is 4. The summed E-state index contributed by atoms with van der Waals surface area (Å²) in [7, 11) is 0. The Morgan fingerprint density at radius 3 is 2.60 bits per heavy atom. The molecule has 2 saturated carbocycles. The Balaban J connectivity index is 0.000000911. The molecule has 0 aromatic carbocycles. The van der Waals surface area contributed by atoms with Crippen LogP contribution in [-0.2, 0) is 11.8 Å². The number of nitrogens with zero attached hydrogens (tertiary/aromatic N) is 3. The maximum absolute atomic E-state index is 5.96. The maximum Gasteiger partial charge on any atom is 0.171 e. The van der Waals surface area contributed by atoms with Crippen LogP contribution in [0.15, 0.2) is 10.7 Å². The molecule has 25 heavy (non-hydrogen) atoms. The lowest BCUT2D eigenvalue weighted by Gasteiger charge is -2.34. The zero-order valence-corrected chi connectivity index (χ0v) is 17.2. The van der Waals surface area contributed by atoms with Crippen LogP contribution >= 0.6 is 40.7 Å². The highest BCUT2D eigenvalue weighted by Gasteiger charge is 2.44. The molecule has 8 heteroatoms. The van der Waals surface area contributed by atoms with Gasteiger partial charge in [-0.1, -0.05) is 12.8 Å². The van der Waals surface area contributed by atoms with Crippen molar-refractivity contribution in [1.29, 1.82) is 0 Å². The lowest BCUT2D eigenvalue weighted by atomic mass is 9.83. The Kier molecular flexibility index (Phi) is 5.28. The Labute approximate surface area is 168 Å². The van der Waals surface area contributed by atoms with Gasteiger partial charge in [0.15, 0.2) is 5.65 Å². The molecule has 2 aromatic rings. The molecule has 3 aliphatic rings. The molecule has 3 N–H and O–H groups in total. The van der Waals surface area contributed by atoms with E-state index in [0.29, 0.717) is 17.5 Å². The molecule has 0 aliphatic heterocycles. The quantitative estimate of drug-likeness (QED) is 0.728. The van der Waals surface area contributed by atoms with Crippen molar-refractivity contribution in [3.8, 4) is 0 Å². The fourth-order valence-electron chi connectivity index (χ4n) is 4.82. The molecule has 3 aliphatic carbocycles. The van der Waals surface area contributed by atoms with Gasteiger partial charge in [-0.25, -0.2) is 4.98 Å². The van der Waals surface area contributed by atoms with E-state index < -0.39 is 0 Å². The summed E-state index contributed by atoms with van der Waals surface area (Å²) in [6.07, 6.45) is 11.6. The predicted molar refractivity (Wildman–Crippen MR) is 108 cm³/mol. The van der Waals surface area contributed by atoms with Gasteiger partial charge in [-0.15, -0.1) is 24.8 Å². The predicted octanol–water partition coefficient (Wildman–Crippen LogP) is 4.00. The van der Waals surface area contributed by atoms with Crippen molar-refractivity contribution >= 4 is 52.2 Å². The summed E-state index contributed by atoms with van der Waals surface area (Å²) in [4.78, 5) is 5.07. The van der Waals surface area contributed by atoms with Gasteiger partial charge in [0.2, 0.25) is 0 Å². The van der Waals surface area contributed by atoms with Crippen LogP contribution in [0.1, 0.15) is 56.2 Å². The molecule has 5 nitrogen and oxygen atoms in total. The fourth-order valence-corrected chi connectivity index (χ4v) is 5.17. The van der Waals surface area contributed by atoms with E-state index >= 15 is 0 Å². The van der Waals surface area contributed by atoms with Crippen molar-refractivity contribution in [2.45, 2.75) is 68.9 Å². The minimum Gasteiger partial charge on any atom is -0.367 e. The summed E-state index contributed by atoms with van der Waals surface area (Å²) in [5.74, 6) is 1.16. The summed E-state index contributed by atoms with van der Waals surface area (Å²) < 4.78 is 2.97. The first-order valence-corrected chi connectivity index (χ1v) is 9.54. The topological polar surface area (TPSA) is 68.2 Å². The molecule has 5 rings (SSSR count). The maximum atomic E-state index is 5.96. The van der Waals surface area contributed by atoms with E-state index in [4.69, 9.17) is 10.7 Å². The normalized spacial score (nSPS) is 26.0. The average Bonchev–Trinajstić information content (AvgIpc) is 3.21. The van der Waals surface area contributed by atoms with E-state index in [-0.39, 0.29) is 24.8 Å².